The predicted octanol–water partition coefficient (Wildman–Crippen LogP) is 4.62. The summed E-state index contributed by atoms with van der Waals surface area (Å²) < 4.78 is 0. The number of nitrogens with zero attached hydrogens (tertiary/aromatic N) is 2. The molecule has 0 saturated carbocycles. The molecule has 0 spiro atoms. The molecule has 0 atom stereocenters. The molecule has 3 aromatic rings. The molecular formula is C16H10ClN3O3S. The maximum absolute atomic E-state index is 12.2. The van der Waals surface area contributed by atoms with E-state index < -0.39 is 10.8 Å². The Morgan fingerprint density at radius 3 is 2.67 bits per heavy atom. The van der Waals surface area contributed by atoms with Gasteiger partial charge in [0, 0.05) is 22.6 Å². The third kappa shape index (κ3) is 3.42. The van der Waals surface area contributed by atoms with Gasteiger partial charge in [0.2, 0.25) is 0 Å². The maximum atomic E-state index is 12.2. The highest BCUT2D eigenvalue weighted by atomic mass is 35.5. The van der Waals surface area contributed by atoms with Crippen LogP contribution < -0.4 is 5.32 Å². The standard InChI is InChI=1S/C16H10ClN3O3S/c17-12-7-6-11(8-14(12)20(22)23)15(21)19-16-18-13(9-24-16)10-4-2-1-3-5-10/h1-9H,(H,18,19,21). The first-order valence-electron chi connectivity index (χ1n) is 6.81. The molecule has 0 radical (unpaired) electrons. The van der Waals surface area contributed by atoms with Crippen LogP contribution in [0.5, 0.6) is 0 Å². The Bertz CT molecular complexity index is 912. The Balaban J connectivity index is 1.80. The van der Waals surface area contributed by atoms with E-state index in [2.05, 4.69) is 10.3 Å². The number of thiazole rings is 1. The minimum absolute atomic E-state index is 0.0165. The van der Waals surface area contributed by atoms with Crippen LogP contribution in [-0.4, -0.2) is 15.8 Å². The van der Waals surface area contributed by atoms with Gasteiger partial charge in [-0.15, -0.1) is 11.3 Å². The zero-order chi connectivity index (χ0) is 17.1. The topological polar surface area (TPSA) is 85.1 Å². The van der Waals surface area contributed by atoms with Gasteiger partial charge in [-0.1, -0.05) is 41.9 Å². The van der Waals surface area contributed by atoms with Crippen LogP contribution in [-0.2, 0) is 0 Å². The first kappa shape index (κ1) is 16.1. The van der Waals surface area contributed by atoms with Crippen molar-refractivity contribution in [2.45, 2.75) is 0 Å². The third-order valence-corrected chi connectivity index (χ3v) is 4.28. The highest BCUT2D eigenvalue weighted by molar-refractivity contribution is 7.14. The smallest absolute Gasteiger partial charge is 0.288 e. The molecular weight excluding hydrogens is 350 g/mol. The lowest BCUT2D eigenvalue weighted by molar-refractivity contribution is -0.384. The van der Waals surface area contributed by atoms with Gasteiger partial charge in [-0.25, -0.2) is 4.98 Å². The second kappa shape index (κ2) is 6.77. The zero-order valence-electron chi connectivity index (χ0n) is 12.1. The molecule has 0 aliphatic carbocycles. The molecule has 0 unspecified atom stereocenters. The van der Waals surface area contributed by atoms with Gasteiger partial charge >= 0.3 is 0 Å². The van der Waals surface area contributed by atoms with Crippen LogP contribution in [0, 0.1) is 10.1 Å². The monoisotopic (exact) mass is 359 g/mol. The van der Waals surface area contributed by atoms with Crippen molar-refractivity contribution in [1.82, 2.24) is 4.98 Å². The first-order valence-corrected chi connectivity index (χ1v) is 8.06. The van der Waals surface area contributed by atoms with Crippen LogP contribution in [0.4, 0.5) is 10.8 Å². The Labute approximate surface area is 145 Å². The lowest BCUT2D eigenvalue weighted by Crippen LogP contribution is -2.12. The van der Waals surface area contributed by atoms with Crippen molar-refractivity contribution in [1.29, 1.82) is 0 Å². The summed E-state index contributed by atoms with van der Waals surface area (Å²) in [7, 11) is 0. The van der Waals surface area contributed by atoms with Gasteiger partial charge < -0.3 is 0 Å². The molecule has 0 aliphatic heterocycles. The van der Waals surface area contributed by atoms with Crippen molar-refractivity contribution in [3.63, 3.8) is 0 Å². The van der Waals surface area contributed by atoms with Gasteiger partial charge in [0.1, 0.15) is 5.02 Å². The number of hydrogen-bond donors (Lipinski definition) is 1. The highest BCUT2D eigenvalue weighted by Gasteiger charge is 2.17. The van der Waals surface area contributed by atoms with Crippen molar-refractivity contribution in [3.8, 4) is 11.3 Å². The van der Waals surface area contributed by atoms with Crippen LogP contribution in [0.25, 0.3) is 11.3 Å². The van der Waals surface area contributed by atoms with E-state index in [9.17, 15) is 14.9 Å². The molecule has 0 fully saturated rings. The number of halogens is 1. The number of carbonyl (C=O) groups excluding carboxylic acids is 1. The van der Waals surface area contributed by atoms with Crippen molar-refractivity contribution in [3.05, 3.63) is 74.6 Å². The number of anilines is 1. The average Bonchev–Trinajstić information content (AvgIpc) is 3.04. The van der Waals surface area contributed by atoms with Crippen LogP contribution in [0.3, 0.4) is 0 Å². The first-order chi connectivity index (χ1) is 11.5. The van der Waals surface area contributed by atoms with Crippen molar-refractivity contribution in [2.75, 3.05) is 5.32 Å². The molecule has 24 heavy (non-hydrogen) atoms. The minimum Gasteiger partial charge on any atom is -0.298 e. The molecule has 1 heterocycles. The fourth-order valence-corrected chi connectivity index (χ4v) is 2.94. The number of nitrogens with one attached hydrogen (secondary N) is 1. The second-order valence-electron chi connectivity index (χ2n) is 4.78. The van der Waals surface area contributed by atoms with Crippen LogP contribution in [0.15, 0.2) is 53.9 Å². The summed E-state index contributed by atoms with van der Waals surface area (Å²) in [6, 6.07) is 13.4. The molecule has 1 amide bonds. The van der Waals surface area contributed by atoms with Crippen molar-refractivity contribution >= 4 is 39.7 Å². The fourth-order valence-electron chi connectivity index (χ4n) is 2.04. The van der Waals surface area contributed by atoms with Gasteiger partial charge in [0.05, 0.1) is 10.6 Å². The van der Waals surface area contributed by atoms with E-state index >= 15 is 0 Å². The number of amides is 1. The Hall–Kier alpha value is -2.77. The van der Waals surface area contributed by atoms with Gasteiger partial charge in [-0.2, -0.15) is 0 Å². The van der Waals surface area contributed by atoms with E-state index in [0.29, 0.717) is 5.13 Å². The molecule has 1 N–H and O–H groups in total. The largest absolute Gasteiger partial charge is 0.298 e. The number of aromatic nitrogens is 1. The predicted molar refractivity (Wildman–Crippen MR) is 93.6 cm³/mol. The maximum Gasteiger partial charge on any atom is 0.288 e. The van der Waals surface area contributed by atoms with E-state index in [1.54, 1.807) is 0 Å². The third-order valence-electron chi connectivity index (χ3n) is 3.20. The Kier molecular flexibility index (Phi) is 4.54. The number of benzene rings is 2. The van der Waals surface area contributed by atoms with Gasteiger partial charge in [-0.3, -0.25) is 20.2 Å². The summed E-state index contributed by atoms with van der Waals surface area (Å²) in [5, 5.41) is 15.8. The number of nitro groups is 1. The van der Waals surface area contributed by atoms with E-state index in [4.69, 9.17) is 11.6 Å². The summed E-state index contributed by atoms with van der Waals surface area (Å²) in [5.74, 6) is -0.483. The van der Waals surface area contributed by atoms with Crippen LogP contribution in [0.2, 0.25) is 5.02 Å². The second-order valence-corrected chi connectivity index (χ2v) is 6.05. The molecule has 1 aromatic heterocycles. The molecule has 2 aromatic carbocycles. The number of carbonyl (C=O) groups is 1. The van der Waals surface area contributed by atoms with Crippen LogP contribution >= 0.6 is 22.9 Å². The zero-order valence-corrected chi connectivity index (χ0v) is 13.7. The summed E-state index contributed by atoms with van der Waals surface area (Å²) in [6.07, 6.45) is 0. The summed E-state index contributed by atoms with van der Waals surface area (Å²) in [5.41, 5.74) is 1.52. The Morgan fingerprint density at radius 1 is 1.21 bits per heavy atom. The van der Waals surface area contributed by atoms with Crippen molar-refractivity contribution in [2.24, 2.45) is 0 Å². The van der Waals surface area contributed by atoms with Crippen LogP contribution in [0.1, 0.15) is 10.4 Å². The molecule has 6 nitrogen and oxygen atoms in total. The lowest BCUT2D eigenvalue weighted by Gasteiger charge is -2.02. The highest BCUT2D eigenvalue weighted by Crippen LogP contribution is 2.27. The normalized spacial score (nSPS) is 10.4. The molecule has 0 aliphatic rings. The quantitative estimate of drug-likeness (QED) is 0.543. The van der Waals surface area contributed by atoms with E-state index in [1.807, 2.05) is 35.7 Å². The van der Waals surface area contributed by atoms with E-state index in [-0.39, 0.29) is 16.3 Å². The molecule has 0 saturated heterocycles. The average molecular weight is 360 g/mol. The molecule has 0 bridgehead atoms. The van der Waals surface area contributed by atoms with E-state index in [1.165, 1.54) is 23.5 Å². The minimum atomic E-state index is -0.629. The SMILES string of the molecule is O=C(Nc1nc(-c2ccccc2)cs1)c1ccc(Cl)c([N+](=O)[O-])c1. The molecule has 8 heteroatoms. The number of rotatable bonds is 4. The molecule has 3 rings (SSSR count). The van der Waals surface area contributed by atoms with Gasteiger partial charge in [-0.05, 0) is 12.1 Å². The summed E-state index contributed by atoms with van der Waals surface area (Å²) >= 11 is 7.02. The summed E-state index contributed by atoms with van der Waals surface area (Å²) in [4.78, 5) is 26.8. The fraction of sp³-hybridized carbons (Fsp3) is 0. The number of hydrogen-bond acceptors (Lipinski definition) is 5. The molecule has 120 valence electrons. The van der Waals surface area contributed by atoms with Crippen molar-refractivity contribution < 1.29 is 9.72 Å². The summed E-state index contributed by atoms with van der Waals surface area (Å²) in [6.45, 7) is 0. The van der Waals surface area contributed by atoms with Gasteiger partial charge in [0.25, 0.3) is 11.6 Å². The number of nitro benzene ring substituents is 1. The van der Waals surface area contributed by atoms with E-state index in [0.717, 1.165) is 17.3 Å². The van der Waals surface area contributed by atoms with Gasteiger partial charge in [0.15, 0.2) is 5.13 Å². The Morgan fingerprint density at radius 2 is 1.96 bits per heavy atom. The lowest BCUT2D eigenvalue weighted by atomic mass is 10.2.